The Morgan fingerprint density at radius 2 is 1.96 bits per heavy atom. The van der Waals surface area contributed by atoms with E-state index in [-0.39, 0.29) is 5.91 Å². The van der Waals surface area contributed by atoms with Gasteiger partial charge in [0.05, 0.1) is 29.9 Å². The van der Waals surface area contributed by atoms with Crippen molar-refractivity contribution in [2.24, 2.45) is 0 Å². The van der Waals surface area contributed by atoms with E-state index in [0.717, 1.165) is 62.7 Å². The number of nitrogens with one attached hydrogen (secondary N) is 1. The average Bonchev–Trinajstić information content (AvgIpc) is 3.45. The summed E-state index contributed by atoms with van der Waals surface area (Å²) in [6.07, 6.45) is 4.10. The van der Waals surface area contributed by atoms with Gasteiger partial charge in [0.1, 0.15) is 16.4 Å². The minimum Gasteiger partial charge on any atom is -0.496 e. The Labute approximate surface area is 168 Å². The van der Waals surface area contributed by atoms with Crippen LogP contribution in [0.3, 0.4) is 0 Å². The van der Waals surface area contributed by atoms with Gasteiger partial charge in [-0.15, -0.1) is 11.3 Å². The van der Waals surface area contributed by atoms with E-state index in [0.29, 0.717) is 17.3 Å². The highest BCUT2D eigenvalue weighted by atomic mass is 32.1. The van der Waals surface area contributed by atoms with Crippen LogP contribution < -0.4 is 10.1 Å². The first-order valence-corrected chi connectivity index (χ1v) is 10.3. The lowest BCUT2D eigenvalue weighted by Gasteiger charge is -2.12. The summed E-state index contributed by atoms with van der Waals surface area (Å²) in [7, 11) is 1.65. The highest BCUT2D eigenvalue weighted by Crippen LogP contribution is 2.40. The summed E-state index contributed by atoms with van der Waals surface area (Å²) in [6.45, 7) is 8.25. The Morgan fingerprint density at radius 3 is 2.64 bits per heavy atom. The van der Waals surface area contributed by atoms with Crippen LogP contribution in [0.1, 0.15) is 62.3 Å². The molecule has 146 valence electrons. The molecule has 6 nitrogen and oxygen atoms in total. The predicted molar refractivity (Wildman–Crippen MR) is 110 cm³/mol. The largest absolute Gasteiger partial charge is 0.496 e. The van der Waals surface area contributed by atoms with Crippen molar-refractivity contribution in [3.63, 3.8) is 0 Å². The molecule has 3 aromatic rings. The molecule has 4 rings (SSSR count). The van der Waals surface area contributed by atoms with Crippen LogP contribution >= 0.6 is 11.3 Å². The third-order valence-corrected chi connectivity index (χ3v) is 6.49. The summed E-state index contributed by atoms with van der Waals surface area (Å²) in [5.41, 5.74) is 4.65. The van der Waals surface area contributed by atoms with Gasteiger partial charge in [-0.1, -0.05) is 0 Å². The zero-order valence-corrected chi connectivity index (χ0v) is 17.7. The van der Waals surface area contributed by atoms with Crippen LogP contribution in [0.25, 0.3) is 10.2 Å². The number of thiophene rings is 1. The van der Waals surface area contributed by atoms with Crippen LogP contribution in [0.4, 0.5) is 0 Å². The third-order valence-electron chi connectivity index (χ3n) is 5.30. The van der Waals surface area contributed by atoms with E-state index in [1.165, 1.54) is 11.3 Å². The summed E-state index contributed by atoms with van der Waals surface area (Å²) in [5.74, 6) is 2.13. The number of aromatic nitrogens is 3. The minimum atomic E-state index is -0.103. The number of ether oxygens (including phenoxy) is 1. The number of aryl methyl sites for hydroxylation is 3. The maximum Gasteiger partial charge on any atom is 0.262 e. The Bertz CT molecular complexity index is 1090. The molecule has 0 spiro atoms. The fourth-order valence-corrected chi connectivity index (χ4v) is 4.75. The topological polar surface area (TPSA) is 77.0 Å². The van der Waals surface area contributed by atoms with Crippen molar-refractivity contribution in [2.45, 2.75) is 53.0 Å². The predicted octanol–water partition coefficient (Wildman–Crippen LogP) is 4.14. The lowest BCUT2D eigenvalue weighted by molar-refractivity contribution is 0.0954. The number of carbonyl (C=O) groups is 1. The highest BCUT2D eigenvalue weighted by Gasteiger charge is 2.28. The summed E-state index contributed by atoms with van der Waals surface area (Å²) in [6, 6.07) is 0. The van der Waals surface area contributed by atoms with E-state index in [2.05, 4.69) is 15.3 Å². The van der Waals surface area contributed by atoms with Gasteiger partial charge in [0.15, 0.2) is 0 Å². The van der Waals surface area contributed by atoms with Crippen molar-refractivity contribution in [1.82, 2.24) is 20.3 Å². The smallest absolute Gasteiger partial charge is 0.262 e. The van der Waals surface area contributed by atoms with Crippen molar-refractivity contribution in [1.29, 1.82) is 0 Å². The molecule has 0 saturated heterocycles. The van der Waals surface area contributed by atoms with E-state index in [4.69, 9.17) is 9.72 Å². The van der Waals surface area contributed by atoms with E-state index in [1.807, 2.05) is 27.7 Å². The molecule has 0 unspecified atom stereocenters. The van der Waals surface area contributed by atoms with E-state index in [1.54, 1.807) is 13.3 Å². The normalized spacial score (nSPS) is 13.8. The summed E-state index contributed by atoms with van der Waals surface area (Å²) < 4.78 is 5.45. The zero-order chi connectivity index (χ0) is 20.0. The van der Waals surface area contributed by atoms with Gasteiger partial charge < -0.3 is 10.1 Å². The standard InChI is InChI=1S/C21H24N4O2S/c1-10-8-22-15(11(2)17(10)27-5)9-23-20(26)18-12(3)16-13(4)24-19(14-6-7-14)25-21(16)28-18/h8,14H,6-7,9H2,1-5H3,(H,23,26). The van der Waals surface area contributed by atoms with Crippen LogP contribution in [-0.2, 0) is 6.54 Å². The molecule has 1 fully saturated rings. The number of methoxy groups -OCH3 is 1. The molecule has 0 bridgehead atoms. The summed E-state index contributed by atoms with van der Waals surface area (Å²) >= 11 is 1.45. The quantitative estimate of drug-likeness (QED) is 0.701. The van der Waals surface area contributed by atoms with Crippen LogP contribution in [0.2, 0.25) is 0 Å². The number of rotatable bonds is 5. The first kappa shape index (κ1) is 18.8. The Kier molecular flexibility index (Phi) is 4.79. The SMILES string of the molecule is COc1c(C)cnc(CNC(=O)c2sc3nc(C4CC4)nc(C)c3c2C)c1C. The van der Waals surface area contributed by atoms with Gasteiger partial charge in [-0.3, -0.25) is 9.78 Å². The van der Waals surface area contributed by atoms with Crippen LogP contribution in [0.5, 0.6) is 5.75 Å². The number of pyridine rings is 1. The van der Waals surface area contributed by atoms with E-state index in [9.17, 15) is 4.79 Å². The van der Waals surface area contributed by atoms with Crippen LogP contribution in [0, 0.1) is 27.7 Å². The second-order valence-electron chi connectivity index (χ2n) is 7.41. The van der Waals surface area contributed by atoms with Gasteiger partial charge >= 0.3 is 0 Å². The lowest BCUT2D eigenvalue weighted by Crippen LogP contribution is -2.23. The van der Waals surface area contributed by atoms with Crippen molar-refractivity contribution in [3.8, 4) is 5.75 Å². The lowest BCUT2D eigenvalue weighted by atomic mass is 10.1. The first-order valence-electron chi connectivity index (χ1n) is 9.45. The van der Waals surface area contributed by atoms with Gasteiger partial charge in [0, 0.05) is 28.6 Å². The first-order chi connectivity index (χ1) is 13.4. The fraction of sp³-hybridized carbons (Fsp3) is 0.429. The zero-order valence-electron chi connectivity index (χ0n) is 16.8. The number of hydrogen-bond acceptors (Lipinski definition) is 6. The minimum absolute atomic E-state index is 0.103. The molecule has 1 amide bonds. The molecule has 0 radical (unpaired) electrons. The molecular formula is C21H24N4O2S. The third kappa shape index (κ3) is 3.24. The molecular weight excluding hydrogens is 372 g/mol. The number of carbonyl (C=O) groups excluding carboxylic acids is 1. The molecule has 3 aromatic heterocycles. The highest BCUT2D eigenvalue weighted by molar-refractivity contribution is 7.20. The molecule has 0 aromatic carbocycles. The van der Waals surface area contributed by atoms with Crippen molar-refractivity contribution in [3.05, 3.63) is 45.0 Å². The molecule has 28 heavy (non-hydrogen) atoms. The molecule has 3 heterocycles. The van der Waals surface area contributed by atoms with E-state index >= 15 is 0 Å². The van der Waals surface area contributed by atoms with Gasteiger partial charge in [-0.05, 0) is 46.1 Å². The summed E-state index contributed by atoms with van der Waals surface area (Å²) in [5, 5.41) is 4.01. The van der Waals surface area contributed by atoms with Crippen molar-refractivity contribution in [2.75, 3.05) is 7.11 Å². The molecule has 0 atom stereocenters. The monoisotopic (exact) mass is 396 g/mol. The molecule has 1 saturated carbocycles. The van der Waals surface area contributed by atoms with Crippen molar-refractivity contribution < 1.29 is 9.53 Å². The maximum atomic E-state index is 12.9. The summed E-state index contributed by atoms with van der Waals surface area (Å²) in [4.78, 5) is 28.3. The molecule has 1 aliphatic rings. The van der Waals surface area contributed by atoms with Gasteiger partial charge in [-0.25, -0.2) is 9.97 Å². The molecule has 7 heteroatoms. The number of fused-ring (bicyclic) bond motifs is 1. The molecule has 0 aliphatic heterocycles. The van der Waals surface area contributed by atoms with Gasteiger partial charge in [0.25, 0.3) is 5.91 Å². The van der Waals surface area contributed by atoms with Gasteiger partial charge in [0.2, 0.25) is 0 Å². The van der Waals surface area contributed by atoms with E-state index < -0.39 is 0 Å². The number of hydrogen-bond donors (Lipinski definition) is 1. The fourth-order valence-electron chi connectivity index (χ4n) is 3.59. The number of nitrogens with zero attached hydrogens (tertiary/aromatic N) is 3. The average molecular weight is 397 g/mol. The molecule has 1 N–H and O–H groups in total. The van der Waals surface area contributed by atoms with Crippen LogP contribution in [-0.4, -0.2) is 28.0 Å². The molecule has 1 aliphatic carbocycles. The Morgan fingerprint density at radius 1 is 1.21 bits per heavy atom. The second-order valence-corrected chi connectivity index (χ2v) is 8.41. The Hall–Kier alpha value is -2.54. The van der Waals surface area contributed by atoms with Crippen LogP contribution in [0.15, 0.2) is 6.20 Å². The van der Waals surface area contributed by atoms with Crippen molar-refractivity contribution >= 4 is 27.5 Å². The maximum absolute atomic E-state index is 12.9. The Balaban J connectivity index is 1.59. The second kappa shape index (κ2) is 7.13. The number of amides is 1. The van der Waals surface area contributed by atoms with Gasteiger partial charge in [-0.2, -0.15) is 0 Å².